The highest BCUT2D eigenvalue weighted by atomic mass is 32.2. The molecule has 7 heteroatoms. The quantitative estimate of drug-likeness (QED) is 0.780. The van der Waals surface area contributed by atoms with Crippen molar-refractivity contribution in [3.05, 3.63) is 30.1 Å². The molecule has 0 saturated carbocycles. The summed E-state index contributed by atoms with van der Waals surface area (Å²) in [5.74, 6) is 0.0355. The Kier molecular flexibility index (Phi) is 6.09. The molecule has 0 bridgehead atoms. The van der Waals surface area contributed by atoms with Crippen molar-refractivity contribution in [2.24, 2.45) is 5.92 Å². The Morgan fingerprint density at radius 1 is 1.40 bits per heavy atom. The van der Waals surface area contributed by atoms with E-state index in [1.807, 2.05) is 12.1 Å². The Hall–Kier alpha value is -1.47. The Labute approximate surface area is 120 Å². The van der Waals surface area contributed by atoms with Crippen LogP contribution in [0.2, 0.25) is 0 Å². The van der Waals surface area contributed by atoms with Gasteiger partial charge in [-0.2, -0.15) is 0 Å². The van der Waals surface area contributed by atoms with Gasteiger partial charge in [-0.15, -0.1) is 0 Å². The standard InChI is InChI=1S/C13H21N3O3S/c1-10(2)7-12(11-5-4-6-14-8-11)16-13(17)9-15-20(3,18)19/h4-6,8,10,12,15H,7,9H2,1-3H3,(H,16,17). The molecule has 6 nitrogen and oxygen atoms in total. The first-order valence-electron chi connectivity index (χ1n) is 6.42. The van der Waals surface area contributed by atoms with Crippen molar-refractivity contribution >= 4 is 15.9 Å². The summed E-state index contributed by atoms with van der Waals surface area (Å²) in [7, 11) is -3.37. The molecule has 2 N–H and O–H groups in total. The first-order chi connectivity index (χ1) is 9.28. The highest BCUT2D eigenvalue weighted by Crippen LogP contribution is 2.20. The lowest BCUT2D eigenvalue weighted by Gasteiger charge is -2.20. The largest absolute Gasteiger partial charge is 0.348 e. The molecule has 0 aliphatic carbocycles. The Bertz CT molecular complexity index is 529. The third-order valence-corrected chi connectivity index (χ3v) is 3.29. The van der Waals surface area contributed by atoms with Crippen LogP contribution in [0, 0.1) is 5.92 Å². The van der Waals surface area contributed by atoms with Crippen molar-refractivity contribution < 1.29 is 13.2 Å². The maximum atomic E-state index is 11.8. The summed E-state index contributed by atoms with van der Waals surface area (Å²) in [6, 6.07) is 3.53. The van der Waals surface area contributed by atoms with Gasteiger partial charge in [-0.3, -0.25) is 9.78 Å². The molecular weight excluding hydrogens is 278 g/mol. The van der Waals surface area contributed by atoms with Gasteiger partial charge in [-0.1, -0.05) is 19.9 Å². The van der Waals surface area contributed by atoms with Gasteiger partial charge in [-0.05, 0) is 24.0 Å². The molecule has 1 aromatic rings. The number of hydrogen-bond acceptors (Lipinski definition) is 4. The van der Waals surface area contributed by atoms with Gasteiger partial charge in [0.25, 0.3) is 0 Å². The number of rotatable bonds is 7. The minimum Gasteiger partial charge on any atom is -0.348 e. The minimum atomic E-state index is -3.37. The molecule has 0 aliphatic heterocycles. The van der Waals surface area contributed by atoms with Crippen LogP contribution in [0.1, 0.15) is 31.9 Å². The van der Waals surface area contributed by atoms with Gasteiger partial charge in [-0.25, -0.2) is 13.1 Å². The second kappa shape index (κ2) is 7.35. The second-order valence-electron chi connectivity index (χ2n) is 5.13. The fraction of sp³-hybridized carbons (Fsp3) is 0.538. The summed E-state index contributed by atoms with van der Waals surface area (Å²) in [6.07, 6.45) is 5.16. The number of carbonyl (C=O) groups excluding carboxylic acids is 1. The van der Waals surface area contributed by atoms with Gasteiger partial charge in [0.05, 0.1) is 18.8 Å². The smallest absolute Gasteiger partial charge is 0.235 e. The number of pyridine rings is 1. The lowest BCUT2D eigenvalue weighted by atomic mass is 9.98. The van der Waals surface area contributed by atoms with E-state index < -0.39 is 10.0 Å². The van der Waals surface area contributed by atoms with Crippen LogP contribution in [0.4, 0.5) is 0 Å². The zero-order valence-electron chi connectivity index (χ0n) is 12.0. The molecule has 0 fully saturated rings. The molecule has 0 aliphatic rings. The van der Waals surface area contributed by atoms with Crippen LogP contribution >= 0.6 is 0 Å². The van der Waals surface area contributed by atoms with Gasteiger partial charge in [0.1, 0.15) is 0 Å². The summed E-state index contributed by atoms with van der Waals surface area (Å²) < 4.78 is 24.1. The van der Waals surface area contributed by atoms with Gasteiger partial charge < -0.3 is 5.32 Å². The van der Waals surface area contributed by atoms with Gasteiger partial charge in [0.15, 0.2) is 0 Å². The number of nitrogens with zero attached hydrogens (tertiary/aromatic N) is 1. The third-order valence-electron chi connectivity index (χ3n) is 2.62. The summed E-state index contributed by atoms with van der Waals surface area (Å²) in [5, 5.41) is 2.83. The minimum absolute atomic E-state index is 0.169. The van der Waals surface area contributed by atoms with Crippen LogP contribution in [0.25, 0.3) is 0 Å². The molecule has 0 radical (unpaired) electrons. The SMILES string of the molecule is CC(C)CC(NC(=O)CNS(C)(=O)=O)c1cccnc1. The second-order valence-corrected chi connectivity index (χ2v) is 6.96. The highest BCUT2D eigenvalue weighted by Gasteiger charge is 2.17. The van der Waals surface area contributed by atoms with Crippen LogP contribution in [0.3, 0.4) is 0 Å². The van der Waals surface area contributed by atoms with Crippen molar-refractivity contribution in [1.82, 2.24) is 15.0 Å². The Morgan fingerprint density at radius 2 is 2.10 bits per heavy atom. The van der Waals surface area contributed by atoms with Gasteiger partial charge in [0, 0.05) is 12.4 Å². The lowest BCUT2D eigenvalue weighted by molar-refractivity contribution is -0.120. The normalized spacial score (nSPS) is 13.2. The number of aromatic nitrogens is 1. The van der Waals surface area contributed by atoms with E-state index in [0.29, 0.717) is 5.92 Å². The summed E-state index contributed by atoms with van der Waals surface area (Å²) in [4.78, 5) is 15.8. The summed E-state index contributed by atoms with van der Waals surface area (Å²) in [5.41, 5.74) is 0.911. The van der Waals surface area contributed by atoms with Crippen LogP contribution in [-0.4, -0.2) is 32.1 Å². The van der Waals surface area contributed by atoms with Crippen molar-refractivity contribution in [3.8, 4) is 0 Å². The van der Waals surface area contributed by atoms with E-state index in [9.17, 15) is 13.2 Å². The number of amides is 1. The van der Waals surface area contributed by atoms with Gasteiger partial charge >= 0.3 is 0 Å². The third kappa shape index (κ3) is 6.63. The molecule has 1 heterocycles. The molecule has 1 atom stereocenters. The molecule has 0 aromatic carbocycles. The molecule has 1 unspecified atom stereocenters. The molecule has 0 spiro atoms. The molecular formula is C13H21N3O3S. The van der Waals surface area contributed by atoms with E-state index in [2.05, 4.69) is 28.9 Å². The van der Waals surface area contributed by atoms with Gasteiger partial charge in [0.2, 0.25) is 15.9 Å². The average molecular weight is 299 g/mol. The first-order valence-corrected chi connectivity index (χ1v) is 8.31. The predicted molar refractivity (Wildman–Crippen MR) is 77.4 cm³/mol. The summed E-state index contributed by atoms with van der Waals surface area (Å²) in [6.45, 7) is 3.86. The molecule has 1 rings (SSSR count). The van der Waals surface area contributed by atoms with Crippen molar-refractivity contribution in [3.63, 3.8) is 0 Å². The van der Waals surface area contributed by atoms with E-state index in [4.69, 9.17) is 0 Å². The number of sulfonamides is 1. The van der Waals surface area contributed by atoms with E-state index >= 15 is 0 Å². The number of nitrogens with one attached hydrogen (secondary N) is 2. The predicted octanol–water partition coefficient (Wildman–Crippen LogP) is 0.834. The van der Waals surface area contributed by atoms with Crippen molar-refractivity contribution in [1.29, 1.82) is 0 Å². The van der Waals surface area contributed by atoms with Crippen LogP contribution in [0.5, 0.6) is 0 Å². The monoisotopic (exact) mass is 299 g/mol. The Balaban J connectivity index is 2.68. The maximum absolute atomic E-state index is 11.8. The highest BCUT2D eigenvalue weighted by molar-refractivity contribution is 7.88. The molecule has 112 valence electrons. The van der Waals surface area contributed by atoms with Crippen LogP contribution < -0.4 is 10.0 Å². The molecule has 20 heavy (non-hydrogen) atoms. The zero-order chi connectivity index (χ0) is 15.2. The van der Waals surface area contributed by atoms with Crippen molar-refractivity contribution in [2.45, 2.75) is 26.3 Å². The molecule has 0 saturated heterocycles. The lowest BCUT2D eigenvalue weighted by Crippen LogP contribution is -2.38. The molecule has 1 aromatic heterocycles. The van der Waals surface area contributed by atoms with Crippen LogP contribution in [-0.2, 0) is 14.8 Å². The molecule has 1 amide bonds. The number of hydrogen-bond donors (Lipinski definition) is 2. The van der Waals surface area contributed by atoms with E-state index in [1.165, 1.54) is 0 Å². The Morgan fingerprint density at radius 3 is 2.60 bits per heavy atom. The first kappa shape index (κ1) is 16.6. The maximum Gasteiger partial charge on any atom is 0.235 e. The fourth-order valence-electron chi connectivity index (χ4n) is 1.77. The van der Waals surface area contributed by atoms with Crippen LogP contribution in [0.15, 0.2) is 24.5 Å². The zero-order valence-corrected chi connectivity index (χ0v) is 12.8. The van der Waals surface area contributed by atoms with E-state index in [0.717, 1.165) is 18.2 Å². The topological polar surface area (TPSA) is 88.2 Å². The average Bonchev–Trinajstić information content (AvgIpc) is 2.35. The van der Waals surface area contributed by atoms with E-state index in [-0.39, 0.29) is 18.5 Å². The van der Waals surface area contributed by atoms with Crippen molar-refractivity contribution in [2.75, 3.05) is 12.8 Å². The number of carbonyl (C=O) groups is 1. The summed E-state index contributed by atoms with van der Waals surface area (Å²) >= 11 is 0. The van der Waals surface area contributed by atoms with E-state index in [1.54, 1.807) is 12.4 Å². The fourth-order valence-corrected chi connectivity index (χ4v) is 2.17.